The highest BCUT2D eigenvalue weighted by molar-refractivity contribution is 5.90. The van der Waals surface area contributed by atoms with Crippen molar-refractivity contribution in [2.45, 2.75) is 74.5 Å². The normalized spacial score (nSPS) is 30.6. The number of piperazine rings is 1. The summed E-state index contributed by atoms with van der Waals surface area (Å²) in [5.41, 5.74) is 7.08. The van der Waals surface area contributed by atoms with Crippen molar-refractivity contribution in [3.05, 3.63) is 29.8 Å². The van der Waals surface area contributed by atoms with Gasteiger partial charge in [-0.15, -0.1) is 0 Å². The highest BCUT2D eigenvalue weighted by Crippen LogP contribution is 2.39. The average molecular weight is 513 g/mol. The van der Waals surface area contributed by atoms with E-state index in [4.69, 9.17) is 10.5 Å². The van der Waals surface area contributed by atoms with E-state index < -0.39 is 60.7 Å². The van der Waals surface area contributed by atoms with Crippen LogP contribution in [0.5, 0.6) is 5.75 Å². The van der Waals surface area contributed by atoms with Crippen molar-refractivity contribution < 1.29 is 31.9 Å². The molecule has 0 spiro atoms. The maximum absolute atomic E-state index is 14.2. The molecule has 36 heavy (non-hydrogen) atoms. The third-order valence-corrected chi connectivity index (χ3v) is 8.09. The molecule has 2 saturated heterocycles. The number of nitrogens with zero attached hydrogens (tertiary/aromatic N) is 2. The summed E-state index contributed by atoms with van der Waals surface area (Å²) in [5.74, 6) is -6.41. The van der Waals surface area contributed by atoms with Crippen molar-refractivity contribution in [3.63, 3.8) is 0 Å². The smallest absolute Gasteiger partial charge is 0.262 e. The maximum Gasteiger partial charge on any atom is 0.262 e. The second-order valence-electron chi connectivity index (χ2n) is 10.6. The molecule has 0 radical (unpaired) electrons. The van der Waals surface area contributed by atoms with Crippen molar-refractivity contribution in [2.75, 3.05) is 26.2 Å². The highest BCUT2D eigenvalue weighted by Gasteiger charge is 2.52. The highest BCUT2D eigenvalue weighted by atomic mass is 19.3. The van der Waals surface area contributed by atoms with Crippen molar-refractivity contribution >= 4 is 11.8 Å². The van der Waals surface area contributed by atoms with Gasteiger partial charge < -0.3 is 20.7 Å². The van der Waals surface area contributed by atoms with Crippen LogP contribution in [-0.2, 0) is 9.59 Å². The molecule has 1 aliphatic carbocycles. The van der Waals surface area contributed by atoms with Crippen LogP contribution in [-0.4, -0.2) is 77.8 Å². The Morgan fingerprint density at radius 2 is 1.78 bits per heavy atom. The van der Waals surface area contributed by atoms with Gasteiger partial charge in [0.1, 0.15) is 11.8 Å². The monoisotopic (exact) mass is 512 g/mol. The zero-order valence-electron chi connectivity index (χ0n) is 20.0. The summed E-state index contributed by atoms with van der Waals surface area (Å²) in [6, 6.07) is 4.35. The summed E-state index contributed by atoms with van der Waals surface area (Å²) >= 11 is 0. The summed E-state index contributed by atoms with van der Waals surface area (Å²) in [4.78, 5) is 29.9. The van der Waals surface area contributed by atoms with Gasteiger partial charge in [0.2, 0.25) is 17.7 Å². The fraction of sp³-hybridized carbons (Fsp3) is 0.680. The minimum atomic E-state index is -2.90. The SMILES string of the molecule is N[C@H](C(=O)N1C[C@H]2CC(F)(F)CN2C[C@H]1C(=O)N[C@@H]1CCOc2ccccc21)C1CCC(F)(F)CC1. The van der Waals surface area contributed by atoms with Gasteiger partial charge in [-0.2, -0.15) is 0 Å². The molecule has 4 aliphatic rings. The number of halogens is 4. The number of nitrogens with two attached hydrogens (primary N) is 1. The lowest BCUT2D eigenvalue weighted by atomic mass is 9.81. The van der Waals surface area contributed by atoms with Gasteiger partial charge in [-0.25, -0.2) is 17.6 Å². The first kappa shape index (κ1) is 25.3. The predicted molar refractivity (Wildman–Crippen MR) is 123 cm³/mol. The van der Waals surface area contributed by atoms with Crippen LogP contribution in [0.15, 0.2) is 24.3 Å². The molecular formula is C25H32F4N4O3. The molecule has 3 heterocycles. The first-order valence-electron chi connectivity index (χ1n) is 12.6. The van der Waals surface area contributed by atoms with Gasteiger partial charge in [0, 0.05) is 50.4 Å². The number of nitrogens with one attached hydrogen (secondary N) is 1. The first-order chi connectivity index (χ1) is 17.0. The van der Waals surface area contributed by atoms with E-state index in [2.05, 4.69) is 5.32 Å². The summed E-state index contributed by atoms with van der Waals surface area (Å²) in [7, 11) is 0. The summed E-state index contributed by atoms with van der Waals surface area (Å²) in [6.07, 6.45) is -0.330. The van der Waals surface area contributed by atoms with E-state index >= 15 is 0 Å². The van der Waals surface area contributed by atoms with Crippen molar-refractivity contribution in [2.24, 2.45) is 11.7 Å². The molecule has 7 nitrogen and oxygen atoms in total. The minimum Gasteiger partial charge on any atom is -0.493 e. The van der Waals surface area contributed by atoms with Gasteiger partial charge in [-0.3, -0.25) is 14.5 Å². The van der Waals surface area contributed by atoms with E-state index in [1.54, 1.807) is 4.90 Å². The van der Waals surface area contributed by atoms with Crippen LogP contribution in [0.1, 0.15) is 50.1 Å². The van der Waals surface area contributed by atoms with E-state index in [1.165, 1.54) is 4.90 Å². The lowest BCUT2D eigenvalue weighted by Gasteiger charge is -2.44. The Kier molecular flexibility index (Phi) is 6.65. The van der Waals surface area contributed by atoms with Crippen LogP contribution in [0.2, 0.25) is 0 Å². The molecule has 1 aromatic rings. The van der Waals surface area contributed by atoms with Crippen LogP contribution >= 0.6 is 0 Å². The molecule has 198 valence electrons. The van der Waals surface area contributed by atoms with E-state index in [0.29, 0.717) is 18.8 Å². The van der Waals surface area contributed by atoms with Crippen molar-refractivity contribution in [3.8, 4) is 5.75 Å². The number of alkyl halides is 4. The van der Waals surface area contributed by atoms with Crippen LogP contribution < -0.4 is 15.8 Å². The van der Waals surface area contributed by atoms with Gasteiger partial charge in [-0.05, 0) is 24.8 Å². The number of fused-ring (bicyclic) bond motifs is 2. The Hall–Kier alpha value is -2.40. The fourth-order valence-electron chi connectivity index (χ4n) is 6.08. The van der Waals surface area contributed by atoms with Crippen LogP contribution in [0, 0.1) is 5.92 Å². The number of ether oxygens (including phenoxy) is 1. The number of carbonyl (C=O) groups is 2. The number of rotatable bonds is 4. The molecule has 1 aromatic carbocycles. The van der Waals surface area contributed by atoms with Gasteiger partial charge in [0.05, 0.1) is 25.2 Å². The Morgan fingerprint density at radius 1 is 1.06 bits per heavy atom. The molecule has 0 unspecified atom stereocenters. The van der Waals surface area contributed by atoms with Gasteiger partial charge in [-0.1, -0.05) is 18.2 Å². The number of benzene rings is 1. The summed E-state index contributed by atoms with van der Waals surface area (Å²) < 4.78 is 61.3. The first-order valence-corrected chi connectivity index (χ1v) is 12.6. The summed E-state index contributed by atoms with van der Waals surface area (Å²) in [6.45, 7) is -0.133. The molecular weight excluding hydrogens is 480 g/mol. The largest absolute Gasteiger partial charge is 0.493 e. The molecule has 2 amide bonds. The molecule has 3 fully saturated rings. The molecule has 3 N–H and O–H groups in total. The zero-order chi connectivity index (χ0) is 25.7. The molecule has 0 bridgehead atoms. The second-order valence-corrected chi connectivity index (χ2v) is 10.6. The van der Waals surface area contributed by atoms with Crippen LogP contribution in [0.3, 0.4) is 0 Å². The molecule has 5 rings (SSSR count). The van der Waals surface area contributed by atoms with E-state index in [9.17, 15) is 27.2 Å². The van der Waals surface area contributed by atoms with E-state index in [-0.39, 0.29) is 44.8 Å². The van der Waals surface area contributed by atoms with Gasteiger partial charge in [0.25, 0.3) is 5.92 Å². The molecule has 0 aromatic heterocycles. The third-order valence-electron chi connectivity index (χ3n) is 8.09. The second kappa shape index (κ2) is 9.48. The third kappa shape index (κ3) is 5.04. The quantitative estimate of drug-likeness (QED) is 0.606. The molecule has 11 heteroatoms. The minimum absolute atomic E-state index is 0.0296. The number of hydrogen-bond acceptors (Lipinski definition) is 5. The molecule has 4 atom stereocenters. The number of carbonyl (C=O) groups excluding carboxylic acids is 2. The topological polar surface area (TPSA) is 87.9 Å². The van der Waals surface area contributed by atoms with Crippen molar-refractivity contribution in [1.29, 1.82) is 0 Å². The Morgan fingerprint density at radius 3 is 2.53 bits per heavy atom. The lowest BCUT2D eigenvalue weighted by Crippen LogP contribution is -2.65. The average Bonchev–Trinajstić information content (AvgIpc) is 3.15. The lowest BCUT2D eigenvalue weighted by molar-refractivity contribution is -0.148. The molecule has 3 aliphatic heterocycles. The van der Waals surface area contributed by atoms with E-state index in [1.807, 2.05) is 24.3 Å². The number of para-hydroxylation sites is 1. The maximum atomic E-state index is 14.2. The van der Waals surface area contributed by atoms with Crippen LogP contribution in [0.25, 0.3) is 0 Å². The summed E-state index contributed by atoms with van der Waals surface area (Å²) in [5, 5.41) is 2.99. The Balaban J connectivity index is 1.35. The van der Waals surface area contributed by atoms with Gasteiger partial charge in [0.15, 0.2) is 0 Å². The van der Waals surface area contributed by atoms with E-state index in [0.717, 1.165) is 5.56 Å². The fourth-order valence-corrected chi connectivity index (χ4v) is 6.08. The van der Waals surface area contributed by atoms with Crippen molar-refractivity contribution in [1.82, 2.24) is 15.1 Å². The van der Waals surface area contributed by atoms with Crippen LogP contribution in [0.4, 0.5) is 17.6 Å². The van der Waals surface area contributed by atoms with Gasteiger partial charge >= 0.3 is 0 Å². The standard InChI is InChI=1S/C25H32F4N4O3/c26-24(27)8-5-15(6-9-24)21(30)23(35)33-12-16-11-25(28,29)14-32(16)13-19(33)22(34)31-18-7-10-36-20-4-2-1-3-17(18)20/h1-4,15-16,18-19,21H,5-14,30H2,(H,31,34)/t16-,18-,19+,21+/m1/s1. The Bertz CT molecular complexity index is 999. The number of amides is 2. The number of hydrogen-bond donors (Lipinski definition) is 2. The predicted octanol–water partition coefficient (Wildman–Crippen LogP) is 2.70. The zero-order valence-corrected chi connectivity index (χ0v) is 20.0. The Labute approximate surface area is 207 Å². The molecule has 1 saturated carbocycles.